The van der Waals surface area contributed by atoms with Crippen LogP contribution in [0.2, 0.25) is 0 Å². The van der Waals surface area contributed by atoms with Crippen molar-refractivity contribution in [3.63, 3.8) is 0 Å². The molecule has 1 aromatic rings. The zero-order valence-corrected chi connectivity index (χ0v) is 13.3. The predicted octanol–water partition coefficient (Wildman–Crippen LogP) is 3.64. The van der Waals surface area contributed by atoms with Crippen LogP contribution in [0.5, 0.6) is 0 Å². The van der Waals surface area contributed by atoms with Crippen LogP contribution >= 0.6 is 0 Å². The van der Waals surface area contributed by atoms with Gasteiger partial charge in [0.15, 0.2) is 5.78 Å². The summed E-state index contributed by atoms with van der Waals surface area (Å²) in [4.78, 5) is 26.1. The molecule has 0 saturated carbocycles. The van der Waals surface area contributed by atoms with Crippen LogP contribution in [0.15, 0.2) is 24.3 Å². The van der Waals surface area contributed by atoms with Gasteiger partial charge in [0.05, 0.1) is 6.54 Å². The molecule has 0 aromatic heterocycles. The topological polar surface area (TPSA) is 37.4 Å². The van der Waals surface area contributed by atoms with Crippen molar-refractivity contribution in [1.82, 2.24) is 4.90 Å². The van der Waals surface area contributed by atoms with Crippen LogP contribution in [-0.2, 0) is 4.79 Å². The van der Waals surface area contributed by atoms with Gasteiger partial charge in [-0.1, -0.05) is 45.0 Å². The molecule has 0 bridgehead atoms. The second-order valence-electron chi connectivity index (χ2n) is 6.45. The lowest BCUT2D eigenvalue weighted by atomic mass is 10.0. The number of carbonyl (C=O) groups is 2. The van der Waals surface area contributed by atoms with Crippen molar-refractivity contribution in [2.24, 2.45) is 5.92 Å². The number of rotatable bonds is 4. The van der Waals surface area contributed by atoms with Crippen molar-refractivity contribution in [3.8, 4) is 0 Å². The van der Waals surface area contributed by atoms with Crippen molar-refractivity contribution in [3.05, 3.63) is 35.4 Å². The summed E-state index contributed by atoms with van der Waals surface area (Å²) < 4.78 is 0. The molecule has 1 aliphatic heterocycles. The first-order valence-electron chi connectivity index (χ1n) is 7.88. The van der Waals surface area contributed by atoms with Crippen molar-refractivity contribution in [1.29, 1.82) is 0 Å². The molecule has 21 heavy (non-hydrogen) atoms. The summed E-state index contributed by atoms with van der Waals surface area (Å²) in [7, 11) is 0. The minimum atomic E-state index is 0.0354. The molecule has 0 radical (unpaired) electrons. The Morgan fingerprint density at radius 3 is 2.52 bits per heavy atom. The third-order valence-corrected chi connectivity index (χ3v) is 4.33. The Morgan fingerprint density at radius 1 is 1.24 bits per heavy atom. The van der Waals surface area contributed by atoms with E-state index >= 15 is 0 Å². The van der Waals surface area contributed by atoms with Crippen LogP contribution in [0.1, 0.15) is 61.9 Å². The molecule has 0 N–H and O–H groups in total. The molecule has 1 amide bonds. The summed E-state index contributed by atoms with van der Waals surface area (Å²) in [6, 6.07) is 7.76. The van der Waals surface area contributed by atoms with E-state index in [1.165, 1.54) is 5.56 Å². The number of carbonyl (C=O) groups excluding carboxylic acids is 2. The Labute approximate surface area is 127 Å². The molecule has 1 aromatic carbocycles. The second-order valence-corrected chi connectivity index (χ2v) is 6.45. The third-order valence-electron chi connectivity index (χ3n) is 4.33. The van der Waals surface area contributed by atoms with Crippen molar-refractivity contribution in [2.75, 3.05) is 13.1 Å². The number of likely N-dealkylation sites (tertiary alicyclic amines) is 1. The maximum absolute atomic E-state index is 12.3. The number of nitrogens with zero attached hydrogens (tertiary/aromatic N) is 1. The molecule has 3 nitrogen and oxygen atoms in total. The summed E-state index contributed by atoms with van der Waals surface area (Å²) in [5, 5.41) is 0. The lowest BCUT2D eigenvalue weighted by Crippen LogP contribution is -2.35. The third kappa shape index (κ3) is 4.16. The van der Waals surface area contributed by atoms with E-state index in [4.69, 9.17) is 0 Å². The molecule has 114 valence electrons. The van der Waals surface area contributed by atoms with Gasteiger partial charge in [-0.15, -0.1) is 0 Å². The van der Waals surface area contributed by atoms with Crippen LogP contribution in [0.25, 0.3) is 0 Å². The Balaban J connectivity index is 2.01. The van der Waals surface area contributed by atoms with Gasteiger partial charge in [0.25, 0.3) is 0 Å². The Bertz CT molecular complexity index is 504. The molecule has 1 aliphatic rings. The fourth-order valence-electron chi connectivity index (χ4n) is 2.66. The first kappa shape index (κ1) is 15.7. The maximum atomic E-state index is 12.3. The highest BCUT2D eigenvalue weighted by molar-refractivity contribution is 5.99. The van der Waals surface area contributed by atoms with E-state index < -0.39 is 0 Å². The van der Waals surface area contributed by atoms with Gasteiger partial charge in [-0.25, -0.2) is 0 Å². The second kappa shape index (κ2) is 6.88. The fraction of sp³-hybridized carbons (Fsp3) is 0.556. The molecule has 2 rings (SSSR count). The van der Waals surface area contributed by atoms with Crippen LogP contribution in [0.4, 0.5) is 0 Å². The van der Waals surface area contributed by atoms with Crippen LogP contribution < -0.4 is 0 Å². The molecule has 1 atom stereocenters. The Morgan fingerprint density at radius 2 is 1.90 bits per heavy atom. The minimum Gasteiger partial charge on any atom is -0.335 e. The van der Waals surface area contributed by atoms with Crippen molar-refractivity contribution in [2.45, 2.75) is 46.0 Å². The molecule has 3 heteroatoms. The van der Waals surface area contributed by atoms with Gasteiger partial charge in [-0.3, -0.25) is 9.59 Å². The lowest BCUT2D eigenvalue weighted by Gasteiger charge is -2.20. The summed E-state index contributed by atoms with van der Waals surface area (Å²) >= 11 is 0. The largest absolute Gasteiger partial charge is 0.335 e. The Kier molecular flexibility index (Phi) is 5.16. The van der Waals surface area contributed by atoms with Crippen molar-refractivity contribution < 1.29 is 9.59 Å². The van der Waals surface area contributed by atoms with Crippen molar-refractivity contribution >= 4 is 11.7 Å². The zero-order chi connectivity index (χ0) is 15.4. The number of amides is 1. The summed E-state index contributed by atoms with van der Waals surface area (Å²) in [6.45, 7) is 7.35. The van der Waals surface area contributed by atoms with Gasteiger partial charge in [0.2, 0.25) is 5.91 Å². The number of hydrogen-bond acceptors (Lipinski definition) is 2. The fourth-order valence-corrected chi connectivity index (χ4v) is 2.66. The lowest BCUT2D eigenvalue weighted by molar-refractivity contribution is -0.130. The van der Waals surface area contributed by atoms with E-state index in [2.05, 4.69) is 20.8 Å². The van der Waals surface area contributed by atoms with E-state index in [0.717, 1.165) is 12.8 Å². The van der Waals surface area contributed by atoms with Gasteiger partial charge >= 0.3 is 0 Å². The number of ketones is 1. The first-order valence-corrected chi connectivity index (χ1v) is 7.88. The van der Waals surface area contributed by atoms with Gasteiger partial charge in [-0.05, 0) is 30.2 Å². The van der Waals surface area contributed by atoms with E-state index in [0.29, 0.717) is 30.4 Å². The zero-order valence-electron chi connectivity index (χ0n) is 13.3. The highest BCUT2D eigenvalue weighted by atomic mass is 16.2. The van der Waals surface area contributed by atoms with E-state index in [9.17, 15) is 9.59 Å². The van der Waals surface area contributed by atoms with Gasteiger partial charge in [-0.2, -0.15) is 0 Å². The maximum Gasteiger partial charge on any atom is 0.222 e. The van der Waals surface area contributed by atoms with Crippen LogP contribution in [0, 0.1) is 5.92 Å². The van der Waals surface area contributed by atoms with E-state index in [1.54, 1.807) is 4.90 Å². The highest BCUT2D eigenvalue weighted by Crippen LogP contribution is 2.19. The smallest absolute Gasteiger partial charge is 0.222 e. The summed E-state index contributed by atoms with van der Waals surface area (Å²) in [5.41, 5.74) is 1.93. The van der Waals surface area contributed by atoms with Crippen LogP contribution in [-0.4, -0.2) is 29.7 Å². The number of benzene rings is 1. The molecule has 1 fully saturated rings. The standard InChI is InChI=1S/C18H25NO2/c1-13(2)15-5-7-16(8-6-15)17(20)12-19-11-10-14(3)4-9-18(19)21/h5-8,13-14H,4,9-12H2,1-3H3. The first-order chi connectivity index (χ1) is 9.97. The predicted molar refractivity (Wildman–Crippen MR) is 84.5 cm³/mol. The number of Topliss-reactive ketones (excluding diaryl/α,β-unsaturated/α-hetero) is 1. The quantitative estimate of drug-likeness (QED) is 0.793. The van der Waals surface area contributed by atoms with Gasteiger partial charge < -0.3 is 4.90 Å². The average Bonchev–Trinajstić information content (AvgIpc) is 2.63. The van der Waals surface area contributed by atoms with E-state index in [1.807, 2.05) is 24.3 Å². The van der Waals surface area contributed by atoms with Gasteiger partial charge in [0.1, 0.15) is 0 Å². The normalized spacial score (nSPS) is 19.7. The van der Waals surface area contributed by atoms with Gasteiger partial charge in [0, 0.05) is 18.5 Å². The molecule has 1 saturated heterocycles. The molecule has 1 heterocycles. The minimum absolute atomic E-state index is 0.0354. The monoisotopic (exact) mass is 287 g/mol. The number of hydrogen-bond donors (Lipinski definition) is 0. The molecule has 1 unspecified atom stereocenters. The molecular formula is C18H25NO2. The summed E-state index contributed by atoms with van der Waals surface area (Å²) in [6.07, 6.45) is 2.50. The summed E-state index contributed by atoms with van der Waals surface area (Å²) in [5.74, 6) is 1.18. The molecular weight excluding hydrogens is 262 g/mol. The SMILES string of the molecule is CC1CCC(=O)N(CC(=O)c2ccc(C(C)C)cc2)CC1. The average molecular weight is 287 g/mol. The highest BCUT2D eigenvalue weighted by Gasteiger charge is 2.22. The van der Waals surface area contributed by atoms with Crippen LogP contribution in [0.3, 0.4) is 0 Å². The molecule has 0 aliphatic carbocycles. The Hall–Kier alpha value is -1.64. The van der Waals surface area contributed by atoms with E-state index in [-0.39, 0.29) is 18.2 Å². The molecule has 0 spiro atoms.